The zero-order valence-electron chi connectivity index (χ0n) is 46.3. The summed E-state index contributed by atoms with van der Waals surface area (Å²) in [5.74, 6) is -1.55. The number of unbranched alkanes of at least 4 members (excludes halogenated alkanes) is 14. The number of phosphoric ester groups is 1. The van der Waals surface area contributed by atoms with E-state index in [1.807, 2.05) is 0 Å². The topological polar surface area (TPSA) is 155 Å². The molecule has 3 atom stereocenters. The van der Waals surface area contributed by atoms with E-state index >= 15 is 0 Å². The maximum absolute atomic E-state index is 12.9. The fourth-order valence-corrected chi connectivity index (χ4v) is 7.92. The summed E-state index contributed by atoms with van der Waals surface area (Å²) in [6.45, 7) is 4.21. The van der Waals surface area contributed by atoms with Crippen molar-refractivity contribution in [2.45, 2.75) is 226 Å². The Labute approximate surface area is 449 Å². The van der Waals surface area contributed by atoms with Gasteiger partial charge in [-0.15, -0.1) is 0 Å². The Morgan fingerprint density at radius 2 is 0.662 bits per heavy atom. The first kappa shape index (κ1) is 69.9. The molecule has 0 fully saturated rings. The fraction of sp³-hybridized carbons (Fsp3) is 0.629. The summed E-state index contributed by atoms with van der Waals surface area (Å²) in [6, 6.07) is 0. The van der Waals surface area contributed by atoms with Crippen LogP contribution in [0.25, 0.3) is 0 Å². The minimum atomic E-state index is -4.77. The molecule has 0 aliphatic heterocycles. The van der Waals surface area contributed by atoms with Crippen molar-refractivity contribution >= 4 is 25.7 Å². The number of aliphatic hydroxyl groups is 1. The molecule has 0 aromatic carbocycles. The van der Waals surface area contributed by atoms with Crippen LogP contribution in [-0.4, -0.2) is 66.5 Å². The van der Waals surface area contributed by atoms with Crippen molar-refractivity contribution in [3.8, 4) is 0 Å². The lowest BCUT2D eigenvalue weighted by molar-refractivity contribution is -0.161. The summed E-state index contributed by atoms with van der Waals surface area (Å²) in [7, 11) is -4.77. The molecule has 0 aromatic heterocycles. The van der Waals surface area contributed by atoms with E-state index in [1.54, 1.807) is 0 Å². The van der Waals surface area contributed by atoms with Crippen molar-refractivity contribution in [2.75, 3.05) is 26.4 Å². The van der Waals surface area contributed by atoms with Crippen LogP contribution in [0.2, 0.25) is 0 Å². The molecule has 0 radical (unpaired) electrons. The number of phosphoric acid groups is 1. The highest BCUT2D eigenvalue weighted by molar-refractivity contribution is 7.47. The van der Waals surface area contributed by atoms with Crippen LogP contribution in [0.3, 0.4) is 0 Å². The second-order valence-corrected chi connectivity index (χ2v) is 19.8. The molecule has 0 aliphatic rings. The average molecular weight is 1050 g/mol. The van der Waals surface area contributed by atoms with Crippen molar-refractivity contribution in [3.63, 3.8) is 0 Å². The van der Waals surface area contributed by atoms with Gasteiger partial charge in [0.25, 0.3) is 0 Å². The van der Waals surface area contributed by atoms with Crippen LogP contribution in [0, 0.1) is 0 Å². The smallest absolute Gasteiger partial charge is 0.462 e. The Bertz CT molecular complexity index is 1700. The Morgan fingerprint density at radius 3 is 1.03 bits per heavy atom. The monoisotopic (exact) mass is 1050 g/mol. The second-order valence-electron chi connectivity index (χ2n) is 18.3. The van der Waals surface area contributed by atoms with Gasteiger partial charge in [0.1, 0.15) is 12.7 Å². The molecule has 0 aliphatic carbocycles. The van der Waals surface area contributed by atoms with Gasteiger partial charge in [-0.3, -0.25) is 23.4 Å². The van der Waals surface area contributed by atoms with Gasteiger partial charge in [0, 0.05) is 19.3 Å². The largest absolute Gasteiger partial charge is 0.472 e. The quantitative estimate of drug-likeness (QED) is 0.0197. The molecule has 0 aromatic rings. The first-order valence-electron chi connectivity index (χ1n) is 28.4. The highest BCUT2D eigenvalue weighted by atomic mass is 31.2. The second kappa shape index (κ2) is 55.1. The summed E-state index contributed by atoms with van der Waals surface area (Å²) in [6.07, 6.45) is 67.3. The van der Waals surface area contributed by atoms with Crippen LogP contribution in [0.15, 0.2) is 122 Å². The van der Waals surface area contributed by atoms with Crippen LogP contribution in [-0.2, 0) is 42.2 Å². The number of hydrogen-bond donors (Lipinski definition) is 2. The molecule has 74 heavy (non-hydrogen) atoms. The van der Waals surface area contributed by atoms with E-state index in [1.165, 1.54) is 6.42 Å². The number of esters is 3. The zero-order chi connectivity index (χ0) is 54.1. The summed E-state index contributed by atoms with van der Waals surface area (Å²) in [4.78, 5) is 48.5. The summed E-state index contributed by atoms with van der Waals surface area (Å²) in [5, 5.41) is 9.82. The van der Waals surface area contributed by atoms with Gasteiger partial charge in [-0.2, -0.15) is 0 Å². The molecule has 0 rings (SSSR count). The van der Waals surface area contributed by atoms with Gasteiger partial charge >= 0.3 is 25.7 Å². The molecular weight excluding hydrogens is 952 g/mol. The van der Waals surface area contributed by atoms with E-state index in [-0.39, 0.29) is 25.9 Å². The maximum Gasteiger partial charge on any atom is 0.472 e. The molecular formula is C62H101O11P. The number of carbonyl (C=O) groups excluding carboxylic acids is 3. The molecule has 0 saturated carbocycles. The first-order chi connectivity index (χ1) is 36.2. The third kappa shape index (κ3) is 52.7. The highest BCUT2D eigenvalue weighted by Gasteiger charge is 2.28. The van der Waals surface area contributed by atoms with Crippen LogP contribution in [0.4, 0.5) is 0 Å². The van der Waals surface area contributed by atoms with E-state index in [0.717, 1.165) is 148 Å². The third-order valence-electron chi connectivity index (χ3n) is 11.4. The van der Waals surface area contributed by atoms with Gasteiger partial charge < -0.3 is 24.2 Å². The minimum absolute atomic E-state index is 0.126. The number of rotatable bonds is 51. The first-order valence-corrected chi connectivity index (χ1v) is 29.9. The Hall–Kier alpha value is -4.12. The van der Waals surface area contributed by atoms with Gasteiger partial charge in [-0.25, -0.2) is 4.57 Å². The lowest BCUT2D eigenvalue weighted by Crippen LogP contribution is -2.30. The number of carbonyl (C=O) groups is 3. The fourth-order valence-electron chi connectivity index (χ4n) is 7.14. The lowest BCUT2D eigenvalue weighted by Gasteiger charge is -2.21. The molecule has 0 saturated heterocycles. The Balaban J connectivity index is 4.79. The molecule has 0 bridgehead atoms. The van der Waals surface area contributed by atoms with E-state index < -0.39 is 57.8 Å². The van der Waals surface area contributed by atoms with Gasteiger partial charge in [-0.1, -0.05) is 194 Å². The van der Waals surface area contributed by atoms with Crippen LogP contribution < -0.4 is 0 Å². The predicted octanol–water partition coefficient (Wildman–Crippen LogP) is 16.8. The van der Waals surface area contributed by atoms with Gasteiger partial charge in [-0.05, 0) is 122 Å². The van der Waals surface area contributed by atoms with Crippen LogP contribution >= 0.6 is 7.82 Å². The summed E-state index contributed by atoms with van der Waals surface area (Å²) >= 11 is 0. The summed E-state index contributed by atoms with van der Waals surface area (Å²) in [5.41, 5.74) is 0. The van der Waals surface area contributed by atoms with Crippen LogP contribution in [0.5, 0.6) is 0 Å². The molecule has 0 spiro atoms. The normalized spacial score (nSPS) is 14.3. The number of ether oxygens (including phenoxy) is 3. The molecule has 2 N–H and O–H groups in total. The Morgan fingerprint density at radius 1 is 0.378 bits per heavy atom. The van der Waals surface area contributed by atoms with Gasteiger partial charge in [0.15, 0.2) is 6.10 Å². The summed E-state index contributed by atoms with van der Waals surface area (Å²) < 4.78 is 39.4. The van der Waals surface area contributed by atoms with Gasteiger partial charge in [0.2, 0.25) is 0 Å². The SMILES string of the molecule is CC/C=C\C/C=C\C/C=C\C/C=C\CCCCCCC(=O)OC(COC(=O)CCCCC/C=C\C/C=C\C/C=C\CC)COP(=O)(O)OCC(CO)OC(=O)CCCCCCCCC/C=C\C/C=C\C/C=C\CC. The molecule has 3 unspecified atom stereocenters. The van der Waals surface area contributed by atoms with Crippen molar-refractivity contribution in [3.05, 3.63) is 122 Å². The molecule has 11 nitrogen and oxygen atoms in total. The number of aliphatic hydroxyl groups excluding tert-OH is 1. The van der Waals surface area contributed by atoms with Crippen LogP contribution in [0.1, 0.15) is 213 Å². The third-order valence-corrected chi connectivity index (χ3v) is 12.3. The number of allylic oxidation sites excluding steroid dienone is 20. The van der Waals surface area contributed by atoms with Gasteiger partial charge in [0.05, 0.1) is 19.8 Å². The molecule has 12 heteroatoms. The molecule has 0 amide bonds. The zero-order valence-corrected chi connectivity index (χ0v) is 47.2. The van der Waals surface area contributed by atoms with Crippen molar-refractivity contribution in [2.24, 2.45) is 0 Å². The molecule has 0 heterocycles. The average Bonchev–Trinajstić information content (AvgIpc) is 3.39. The lowest BCUT2D eigenvalue weighted by atomic mass is 10.1. The molecule has 420 valence electrons. The van der Waals surface area contributed by atoms with Crippen molar-refractivity contribution < 1.29 is 52.2 Å². The minimum Gasteiger partial charge on any atom is -0.462 e. The van der Waals surface area contributed by atoms with E-state index in [2.05, 4.69) is 142 Å². The Kier molecular flexibility index (Phi) is 52.1. The maximum atomic E-state index is 12.9. The predicted molar refractivity (Wildman–Crippen MR) is 306 cm³/mol. The van der Waals surface area contributed by atoms with Crippen molar-refractivity contribution in [1.82, 2.24) is 0 Å². The van der Waals surface area contributed by atoms with E-state index in [0.29, 0.717) is 19.3 Å². The van der Waals surface area contributed by atoms with E-state index in [4.69, 9.17) is 23.3 Å². The van der Waals surface area contributed by atoms with E-state index in [9.17, 15) is 28.9 Å². The number of hydrogen-bond acceptors (Lipinski definition) is 10. The van der Waals surface area contributed by atoms with Crippen molar-refractivity contribution in [1.29, 1.82) is 0 Å². The highest BCUT2D eigenvalue weighted by Crippen LogP contribution is 2.43. The standard InChI is InChI=1S/C62H101O11P/c1-4-7-10-13-16-19-22-25-27-29-31-34-37-40-43-46-49-52-61(65)72-58(54-63)56-70-74(67,68)71-57-59(55-69-60(64)51-48-45-42-39-36-33-24-21-18-15-12-9-6-3)73-62(66)53-50-47-44-41-38-35-32-30-28-26-23-20-17-14-11-8-5-2/h7-12,16-21,25-28,32-33,35-36,58-59,63H,4-6,13-15,22-24,29-31,34,37-57H2,1-3H3,(H,67,68)/b10-7-,11-8-,12-9-,19-16-,20-17-,21-18-,27-25-,28-26-,35-32-,36-33-.